The number of imidazole rings is 1. The largest absolute Gasteiger partial charge is 0.433 e. The molecule has 0 fully saturated rings. The molecule has 1 aromatic heterocycles. The molecule has 4 aromatic rings. The zero-order valence-electron chi connectivity index (χ0n) is 21.4. The van der Waals surface area contributed by atoms with Crippen molar-refractivity contribution in [2.45, 2.75) is 32.1 Å². The van der Waals surface area contributed by atoms with Crippen molar-refractivity contribution in [3.8, 4) is 22.6 Å². The van der Waals surface area contributed by atoms with E-state index in [0.717, 1.165) is 12.1 Å². The number of hydrogen-bond acceptors (Lipinski definition) is 6. The number of rotatable bonds is 6. The molecule has 0 bridgehead atoms. The topological polar surface area (TPSA) is 108 Å². The molecule has 3 N–H and O–H groups in total. The first kappa shape index (κ1) is 28.0. The molecule has 3 aromatic carbocycles. The van der Waals surface area contributed by atoms with Gasteiger partial charge in [-0.3, -0.25) is 14.3 Å². The Hall–Kier alpha value is -3.57. The third kappa shape index (κ3) is 4.60. The maximum Gasteiger partial charge on any atom is 0.387 e. The van der Waals surface area contributed by atoms with Gasteiger partial charge in [-0.05, 0) is 61.7 Å². The summed E-state index contributed by atoms with van der Waals surface area (Å²) in [7, 11) is -0.912. The van der Waals surface area contributed by atoms with Crippen molar-refractivity contribution in [2.75, 3.05) is 13.3 Å². The Morgan fingerprint density at radius 3 is 2.40 bits per heavy atom. The van der Waals surface area contributed by atoms with Crippen LogP contribution >= 0.6 is 7.92 Å². The molecule has 5 rings (SSSR count). The fourth-order valence-corrected chi connectivity index (χ4v) is 5.90. The lowest BCUT2D eigenvalue weighted by Gasteiger charge is -2.34. The van der Waals surface area contributed by atoms with E-state index in [0.29, 0.717) is 4.90 Å². The van der Waals surface area contributed by atoms with Gasteiger partial charge in [0.25, 0.3) is 5.91 Å². The van der Waals surface area contributed by atoms with Crippen LogP contribution in [-0.2, 0) is 0 Å². The lowest BCUT2D eigenvalue weighted by Crippen LogP contribution is -2.53. The van der Waals surface area contributed by atoms with Gasteiger partial charge in [-0.1, -0.05) is 27.0 Å². The van der Waals surface area contributed by atoms with E-state index < -0.39 is 50.0 Å². The summed E-state index contributed by atoms with van der Waals surface area (Å²) >= 11 is 0. The number of para-hydroxylation sites is 1. The average molecular weight is 577 g/mol. The number of nitrogens with zero attached hydrogens (tertiary/aromatic N) is 3. The highest BCUT2D eigenvalue weighted by molar-refractivity contribution is 7.64. The second kappa shape index (κ2) is 10.1. The molecule has 0 spiro atoms. The smallest absolute Gasteiger partial charge is 0.387 e. The lowest BCUT2D eigenvalue weighted by molar-refractivity contribution is -0.386. The first-order valence-electron chi connectivity index (χ1n) is 12.1. The Labute approximate surface area is 226 Å². The monoisotopic (exact) mass is 577 g/mol. The number of amides is 1. The van der Waals surface area contributed by atoms with Crippen molar-refractivity contribution in [2.24, 2.45) is 0 Å². The number of hydrogen-bond donors (Lipinski definition) is 3. The number of fused-ring (bicyclic) bond motifs is 5. The molecule has 1 aliphatic heterocycles. The van der Waals surface area contributed by atoms with Crippen LogP contribution in [0.3, 0.4) is 0 Å². The van der Waals surface area contributed by atoms with Crippen molar-refractivity contribution >= 4 is 30.2 Å². The zero-order valence-corrected chi connectivity index (χ0v) is 22.3. The minimum Gasteiger partial charge on any atom is -0.433 e. The summed E-state index contributed by atoms with van der Waals surface area (Å²) in [5.41, 5.74) is 0.173. The zero-order chi connectivity index (χ0) is 29.1. The first-order chi connectivity index (χ1) is 18.8. The molecule has 1 aliphatic rings. The summed E-state index contributed by atoms with van der Waals surface area (Å²) < 4.78 is 62.9. The molecule has 0 radical (unpaired) electrons. The highest BCUT2D eigenvalue weighted by atomic mass is 31.1. The molecule has 40 heavy (non-hydrogen) atoms. The lowest BCUT2D eigenvalue weighted by atomic mass is 10.0. The maximum atomic E-state index is 15.2. The van der Waals surface area contributed by atoms with E-state index in [1.807, 2.05) is 0 Å². The Morgan fingerprint density at radius 2 is 1.77 bits per heavy atom. The molecular formula is C27H24F4N3O5P. The summed E-state index contributed by atoms with van der Waals surface area (Å²) in [5.74, 6) is -2.77. The molecule has 1 amide bonds. The van der Waals surface area contributed by atoms with Gasteiger partial charge in [-0.25, -0.2) is 13.8 Å². The van der Waals surface area contributed by atoms with Gasteiger partial charge in [0.05, 0.1) is 22.6 Å². The summed E-state index contributed by atoms with van der Waals surface area (Å²) in [6.45, 7) is 1.91. The fourth-order valence-electron chi connectivity index (χ4n) is 5.03. The van der Waals surface area contributed by atoms with E-state index in [-0.39, 0.29) is 51.0 Å². The number of carbonyl (C=O) groups excluding carboxylic acids is 1. The van der Waals surface area contributed by atoms with Gasteiger partial charge in [0.2, 0.25) is 0 Å². The number of halogens is 4. The SMILES string of the molecule is CC[C@@H]1c2nc3ccc(-c4cc(F)c(P(C)C)cc4F)cc3n2-c2c(OC(F)F)cccc2C(=O)N1C(O)(O)O. The van der Waals surface area contributed by atoms with Crippen LogP contribution in [0.2, 0.25) is 0 Å². The molecular weight excluding hydrogens is 553 g/mol. The van der Waals surface area contributed by atoms with Crippen LogP contribution in [0.5, 0.6) is 5.75 Å². The third-order valence-corrected chi connectivity index (χ3v) is 8.02. The van der Waals surface area contributed by atoms with E-state index in [1.54, 1.807) is 20.3 Å². The van der Waals surface area contributed by atoms with Crippen molar-refractivity contribution in [1.82, 2.24) is 14.5 Å². The van der Waals surface area contributed by atoms with E-state index >= 15 is 4.39 Å². The van der Waals surface area contributed by atoms with E-state index in [9.17, 15) is 33.3 Å². The maximum absolute atomic E-state index is 15.2. The minimum atomic E-state index is -3.63. The number of benzene rings is 3. The van der Waals surface area contributed by atoms with Gasteiger partial charge in [-0.15, -0.1) is 0 Å². The summed E-state index contributed by atoms with van der Waals surface area (Å²) in [6, 6.07) is 9.15. The van der Waals surface area contributed by atoms with Gasteiger partial charge >= 0.3 is 12.7 Å². The number of aromatic nitrogens is 2. The Kier molecular flexibility index (Phi) is 7.08. The van der Waals surface area contributed by atoms with E-state index in [2.05, 4.69) is 4.98 Å². The highest BCUT2D eigenvalue weighted by Crippen LogP contribution is 2.43. The predicted molar refractivity (Wildman–Crippen MR) is 140 cm³/mol. The van der Waals surface area contributed by atoms with Gasteiger partial charge in [0.15, 0.2) is 5.75 Å². The molecule has 0 saturated heterocycles. The molecule has 0 saturated carbocycles. The molecule has 2 heterocycles. The van der Waals surface area contributed by atoms with Crippen molar-refractivity contribution in [3.05, 3.63) is 71.6 Å². The minimum absolute atomic E-state index is 0.0156. The van der Waals surface area contributed by atoms with Crippen molar-refractivity contribution in [3.63, 3.8) is 0 Å². The molecule has 0 aliphatic carbocycles. The summed E-state index contributed by atoms with van der Waals surface area (Å²) in [4.78, 5) is 18.4. The van der Waals surface area contributed by atoms with E-state index in [1.165, 1.54) is 41.0 Å². The van der Waals surface area contributed by atoms with Crippen molar-refractivity contribution < 1.29 is 42.4 Å². The molecule has 210 valence electrons. The molecule has 1 atom stereocenters. The predicted octanol–water partition coefficient (Wildman–Crippen LogP) is 4.43. The summed E-state index contributed by atoms with van der Waals surface area (Å²) in [5, 5.41) is 30.7. The third-order valence-electron chi connectivity index (χ3n) is 6.72. The normalized spacial score (nSPS) is 15.6. The number of carbonyl (C=O) groups is 1. The van der Waals surface area contributed by atoms with Gasteiger partial charge in [-0.2, -0.15) is 8.78 Å². The van der Waals surface area contributed by atoms with Gasteiger partial charge in [0, 0.05) is 10.9 Å². The highest BCUT2D eigenvalue weighted by Gasteiger charge is 2.46. The quantitative estimate of drug-likeness (QED) is 0.178. The van der Waals surface area contributed by atoms with Crippen LogP contribution in [-0.4, -0.2) is 61.7 Å². The average Bonchev–Trinajstić information content (AvgIpc) is 3.19. The Morgan fingerprint density at radius 1 is 1.05 bits per heavy atom. The van der Waals surface area contributed by atoms with Crippen molar-refractivity contribution in [1.29, 1.82) is 0 Å². The Bertz CT molecular complexity index is 1640. The van der Waals surface area contributed by atoms with Crippen LogP contribution in [0.25, 0.3) is 27.8 Å². The second-order valence-electron chi connectivity index (χ2n) is 9.42. The molecule has 13 heteroatoms. The number of ether oxygens (including phenoxy) is 1. The van der Waals surface area contributed by atoms with Crippen LogP contribution in [0, 0.1) is 11.6 Å². The van der Waals surface area contributed by atoms with Crippen LogP contribution in [0.1, 0.15) is 35.6 Å². The number of alkyl halides is 2. The van der Waals surface area contributed by atoms with E-state index in [4.69, 9.17) is 4.74 Å². The Balaban J connectivity index is 1.85. The van der Waals surface area contributed by atoms with Crippen LogP contribution < -0.4 is 10.0 Å². The standard InChI is InChI=1S/C27H24F4N3O5P/c1-4-19-24-32-18-9-8-13(15-11-17(29)22(40(2)3)12-16(15)28)10-20(18)33(24)23-14(25(35)34(19)27(36,37)38)6-5-7-21(23)39-26(30)31/h5-12,19,26,36-38H,4H2,1-3H3/t19-/m1/s1. The summed E-state index contributed by atoms with van der Waals surface area (Å²) in [6.07, 6.45) is -3.61. The number of aliphatic hydroxyl groups is 3. The second-order valence-corrected chi connectivity index (χ2v) is 11.7. The van der Waals surface area contributed by atoms with Gasteiger partial charge < -0.3 is 20.1 Å². The molecule has 8 nitrogen and oxygen atoms in total. The van der Waals surface area contributed by atoms with Gasteiger partial charge in [0.1, 0.15) is 23.1 Å². The molecule has 0 unspecified atom stereocenters. The van der Waals surface area contributed by atoms with Crippen LogP contribution in [0.4, 0.5) is 17.6 Å². The first-order valence-corrected chi connectivity index (χ1v) is 14.3. The van der Waals surface area contributed by atoms with Crippen LogP contribution in [0.15, 0.2) is 48.5 Å². The fraction of sp³-hybridized carbons (Fsp3) is 0.259.